The number of nitrogens with one attached hydrogen (secondary N) is 2. The molecular weight excluding hydrogens is 1150 g/mol. The summed E-state index contributed by atoms with van der Waals surface area (Å²) in [7, 11) is 5.88. The number of hydrogen-bond acceptors (Lipinski definition) is 15. The minimum Gasteiger partial charge on any atom is -0.432 e. The lowest BCUT2D eigenvalue weighted by Crippen LogP contribution is -2.57. The highest BCUT2D eigenvalue weighted by Crippen LogP contribution is 2.32. The summed E-state index contributed by atoms with van der Waals surface area (Å²) in [4.78, 5) is 64.4. The second-order valence-electron chi connectivity index (χ2n) is 21.8. The number of aromatic nitrogens is 12. The molecule has 3 N–H and O–H groups in total. The molecule has 1 unspecified atom stereocenters. The van der Waals surface area contributed by atoms with Crippen molar-refractivity contribution in [3.8, 4) is 56.5 Å². The summed E-state index contributed by atoms with van der Waals surface area (Å²) in [6.07, 6.45) is 45.4. The van der Waals surface area contributed by atoms with Crippen molar-refractivity contribution >= 4 is 24.5 Å². The molecule has 0 aliphatic heterocycles. The van der Waals surface area contributed by atoms with E-state index in [1.807, 2.05) is 109 Å². The van der Waals surface area contributed by atoms with Gasteiger partial charge in [-0.05, 0) is 125 Å². The van der Waals surface area contributed by atoms with Gasteiger partial charge in [0, 0.05) is 116 Å². The Bertz CT molecular complexity index is 3570. The van der Waals surface area contributed by atoms with Crippen LogP contribution >= 0.6 is 12.4 Å². The fourth-order valence-electron chi connectivity index (χ4n) is 10.8. The third-order valence-electron chi connectivity index (χ3n) is 15.8. The summed E-state index contributed by atoms with van der Waals surface area (Å²) in [5.41, 5.74) is 6.90. The lowest BCUT2D eigenvalue weighted by molar-refractivity contribution is -0.312. The number of halogens is 1. The van der Waals surface area contributed by atoms with Gasteiger partial charge in [0.1, 0.15) is 30.5 Å². The molecule has 10 aromatic rings. The number of H-pyrrole nitrogens is 1. The lowest BCUT2D eigenvalue weighted by atomic mass is 9.94. The normalized spacial score (nSPS) is 14.7. The van der Waals surface area contributed by atoms with E-state index in [0.29, 0.717) is 23.2 Å². The summed E-state index contributed by atoms with van der Waals surface area (Å²) in [5, 5.41) is 15.0. The lowest BCUT2D eigenvalue weighted by Gasteiger charge is -2.42. The second kappa shape index (κ2) is 35.7. The first kappa shape index (κ1) is 68.3. The van der Waals surface area contributed by atoms with Gasteiger partial charge in [0.15, 0.2) is 0 Å². The maximum Gasteiger partial charge on any atom is 0.424 e. The number of nitrogens with zero attached hydrogens (tertiary/aromatic N) is 13. The van der Waals surface area contributed by atoms with E-state index in [4.69, 9.17) is 9.47 Å². The Labute approximate surface area is 534 Å². The van der Waals surface area contributed by atoms with E-state index in [1.165, 1.54) is 81.5 Å². The predicted octanol–water partition coefficient (Wildman–Crippen LogP) is 14.1. The largest absolute Gasteiger partial charge is 0.432 e. The first-order valence-corrected chi connectivity index (χ1v) is 30.3. The topological polar surface area (TPSA) is 225 Å². The highest BCUT2D eigenvalue weighted by molar-refractivity contribution is 5.85. The molecular formula is C69H84ClN15O5. The van der Waals surface area contributed by atoms with E-state index in [9.17, 15) is 14.7 Å². The SMILES string of the molecule is C.CN(C(=O)n1cnc(-c2cccnc2)c1)C1CCCCC1.CN(C1CCCCC1)C(O)(Oc1ccccc1)n1cnc(-c2cccnc2)c1.CNC1CCCCC1.Cl.O=C(Oc1ccccc1)n1cnc(-c2cccnc2)c1.c1cncc(-c2cnc[nH]2)c1. The minimum atomic E-state index is -1.67. The average molecular weight is 1240 g/mol. The fourth-order valence-corrected chi connectivity index (χ4v) is 10.8. The van der Waals surface area contributed by atoms with Crippen molar-refractivity contribution in [3.63, 3.8) is 0 Å². The van der Waals surface area contributed by atoms with Crippen LogP contribution in [0, 0.1) is 0 Å². The Morgan fingerprint density at radius 2 is 1.00 bits per heavy atom. The second-order valence-corrected chi connectivity index (χ2v) is 21.8. The molecule has 90 heavy (non-hydrogen) atoms. The van der Waals surface area contributed by atoms with E-state index >= 15 is 0 Å². The zero-order chi connectivity index (χ0) is 61.2. The molecule has 1 atom stereocenters. The number of imidazole rings is 4. The number of benzene rings is 2. The first-order valence-electron chi connectivity index (χ1n) is 30.3. The number of amides is 1. The molecule has 1 amide bonds. The molecule has 3 aliphatic carbocycles. The van der Waals surface area contributed by atoms with Gasteiger partial charge < -0.3 is 29.8 Å². The van der Waals surface area contributed by atoms with Crippen molar-refractivity contribution in [1.29, 1.82) is 0 Å². The van der Waals surface area contributed by atoms with Crippen LogP contribution < -0.4 is 14.8 Å². The molecule has 2 aromatic carbocycles. The molecule has 0 radical (unpaired) electrons. The van der Waals surface area contributed by atoms with Crippen LogP contribution in [0.25, 0.3) is 45.0 Å². The number of pyridine rings is 4. The molecule has 8 heterocycles. The van der Waals surface area contributed by atoms with Crippen molar-refractivity contribution in [2.24, 2.45) is 0 Å². The summed E-state index contributed by atoms with van der Waals surface area (Å²) >= 11 is 0. The summed E-state index contributed by atoms with van der Waals surface area (Å²) in [6, 6.07) is 33.3. The molecule has 3 fully saturated rings. The average Bonchev–Trinajstić information content (AvgIpc) is 1.52. The van der Waals surface area contributed by atoms with Gasteiger partial charge in [0.25, 0.3) is 0 Å². The van der Waals surface area contributed by atoms with E-state index in [0.717, 1.165) is 71.1 Å². The molecule has 472 valence electrons. The number of aromatic amines is 1. The zero-order valence-electron chi connectivity index (χ0n) is 50.8. The van der Waals surface area contributed by atoms with Gasteiger partial charge in [-0.15, -0.1) is 12.4 Å². The van der Waals surface area contributed by atoms with Crippen LogP contribution in [0.5, 0.6) is 11.5 Å². The van der Waals surface area contributed by atoms with Gasteiger partial charge in [-0.3, -0.25) is 29.1 Å². The van der Waals surface area contributed by atoms with Gasteiger partial charge >= 0.3 is 18.2 Å². The molecule has 0 bridgehead atoms. The number of ether oxygens (including phenoxy) is 2. The van der Waals surface area contributed by atoms with Crippen LogP contribution in [0.1, 0.15) is 104 Å². The number of aliphatic hydroxyl groups is 1. The molecule has 0 spiro atoms. The Morgan fingerprint density at radius 3 is 1.48 bits per heavy atom. The standard InChI is InChI=1S/C22H26N4O2.C16H20N4O.C15H11N3O2.C8H7N3.C7H15N.CH4.ClH/c1-25(19-10-4-2-5-11-19)22(27,28-20-12-6-3-7-13-20)26-16-21(24-17-26)18-9-8-14-23-15-18;1-19(14-7-3-2-4-8-14)16(21)20-11-15(18-12-20)13-6-5-9-17-10-13;19-15(20-13-6-2-1-3-7-13)18-10-14(17-11-18)12-5-4-8-16-9-12;1-2-7(4-9-3-1)8-5-10-6-11-8;1-8-7-5-3-2-4-6-7;;/h3,6-9,12-17,19,27H,2,4-5,10-11H2,1H3;5-6,9-12,14H,2-4,7-8H2,1H3;1-11H;1-6H,(H,10,11);7-8H,2-6H2,1H3;1H4;1H. The van der Waals surface area contributed by atoms with Gasteiger partial charge in [-0.1, -0.05) is 102 Å². The Hall–Kier alpha value is -9.21. The predicted molar refractivity (Wildman–Crippen MR) is 353 cm³/mol. The van der Waals surface area contributed by atoms with E-state index in [1.54, 1.807) is 127 Å². The van der Waals surface area contributed by atoms with Crippen molar-refractivity contribution < 1.29 is 24.2 Å². The highest BCUT2D eigenvalue weighted by Gasteiger charge is 2.42. The summed E-state index contributed by atoms with van der Waals surface area (Å²) < 4.78 is 15.9. The maximum absolute atomic E-state index is 12.5. The number of rotatable bonds is 12. The molecule has 21 heteroatoms. The highest BCUT2D eigenvalue weighted by atomic mass is 35.5. The van der Waals surface area contributed by atoms with E-state index in [-0.39, 0.29) is 31.9 Å². The minimum absolute atomic E-state index is 0. The number of carbonyl (C=O) groups is 2. The Morgan fingerprint density at radius 1 is 0.544 bits per heavy atom. The number of hydrogen-bond donors (Lipinski definition) is 3. The number of para-hydroxylation sites is 2. The van der Waals surface area contributed by atoms with Crippen molar-refractivity contribution in [2.45, 2.75) is 128 Å². The fraction of sp³-hybridized carbons (Fsp3) is 0.333. The molecule has 8 aromatic heterocycles. The van der Waals surface area contributed by atoms with E-state index < -0.39 is 12.1 Å². The summed E-state index contributed by atoms with van der Waals surface area (Å²) in [6.45, 7) is 0. The molecule has 13 rings (SSSR count). The quantitative estimate of drug-likeness (QED) is 0.0967. The van der Waals surface area contributed by atoms with Crippen molar-refractivity contribution in [3.05, 3.63) is 209 Å². The van der Waals surface area contributed by atoms with Gasteiger partial charge in [0.2, 0.25) is 0 Å². The molecule has 3 saturated carbocycles. The Balaban J connectivity index is 0.000000168. The van der Waals surface area contributed by atoms with Gasteiger partial charge in [-0.2, -0.15) is 0 Å². The van der Waals surface area contributed by atoms with Crippen molar-refractivity contribution in [1.82, 2.24) is 73.7 Å². The monoisotopic (exact) mass is 1240 g/mol. The zero-order valence-corrected chi connectivity index (χ0v) is 51.6. The Kier molecular flexibility index (Phi) is 27.1. The third-order valence-corrected chi connectivity index (χ3v) is 15.8. The van der Waals surface area contributed by atoms with Crippen LogP contribution in [-0.4, -0.2) is 125 Å². The number of carbonyl (C=O) groups excluding carboxylic acids is 2. The summed E-state index contributed by atoms with van der Waals surface area (Å²) in [5.74, 6) is 1.10. The molecule has 20 nitrogen and oxygen atoms in total. The molecule has 3 aliphatic rings. The van der Waals surface area contributed by atoms with Gasteiger partial charge in [0.05, 0.1) is 35.3 Å². The third kappa shape index (κ3) is 19.6. The smallest absolute Gasteiger partial charge is 0.424 e. The van der Waals surface area contributed by atoms with Crippen LogP contribution in [-0.2, 0) is 6.03 Å². The van der Waals surface area contributed by atoms with E-state index in [2.05, 4.69) is 57.2 Å². The van der Waals surface area contributed by atoms with Gasteiger partial charge in [-0.25, -0.2) is 39.0 Å². The van der Waals surface area contributed by atoms with Crippen LogP contribution in [0.3, 0.4) is 0 Å². The van der Waals surface area contributed by atoms with Crippen LogP contribution in [0.2, 0.25) is 0 Å². The van der Waals surface area contributed by atoms with Crippen molar-refractivity contribution in [2.75, 3.05) is 21.1 Å². The maximum atomic E-state index is 12.5. The van der Waals surface area contributed by atoms with Crippen LogP contribution in [0.15, 0.2) is 209 Å². The first-order chi connectivity index (χ1) is 43.1. The van der Waals surface area contributed by atoms with Crippen LogP contribution in [0.4, 0.5) is 9.59 Å². The molecule has 0 saturated heterocycles.